The molecule has 0 saturated heterocycles. The number of phenols is 1. The van der Waals surface area contributed by atoms with Gasteiger partial charge in [0.2, 0.25) is 0 Å². The zero-order valence-electron chi connectivity index (χ0n) is 15.9. The van der Waals surface area contributed by atoms with Crippen LogP contribution in [0.1, 0.15) is 38.7 Å². The van der Waals surface area contributed by atoms with E-state index in [1.807, 2.05) is 12.2 Å². The van der Waals surface area contributed by atoms with Crippen LogP contribution >= 0.6 is 0 Å². The lowest BCUT2D eigenvalue weighted by molar-refractivity contribution is -0.266. The predicted octanol–water partition coefficient (Wildman–Crippen LogP) is 5.01. The first-order valence-corrected chi connectivity index (χ1v) is 9.19. The largest absolute Gasteiger partial charge is 0.508 e. The Morgan fingerprint density at radius 3 is 2.61 bits per heavy atom. The third-order valence-corrected chi connectivity index (χ3v) is 5.41. The van der Waals surface area contributed by atoms with E-state index in [1.165, 1.54) is 12.1 Å². The summed E-state index contributed by atoms with van der Waals surface area (Å²) >= 11 is 0. The van der Waals surface area contributed by atoms with Gasteiger partial charge in [-0.05, 0) is 35.1 Å². The first-order valence-electron chi connectivity index (χ1n) is 9.19. The molecule has 0 saturated carbocycles. The molecule has 1 aliphatic carbocycles. The first-order chi connectivity index (χ1) is 13.0. The molecule has 3 nitrogen and oxygen atoms in total. The van der Waals surface area contributed by atoms with Gasteiger partial charge in [0, 0.05) is 19.1 Å². The van der Waals surface area contributed by atoms with E-state index >= 15 is 0 Å². The molecule has 2 unspecified atom stereocenters. The Morgan fingerprint density at radius 1 is 1.18 bits per heavy atom. The van der Waals surface area contributed by atoms with Crippen LogP contribution in [0.15, 0.2) is 64.7 Å². The minimum absolute atomic E-state index is 0.0171. The van der Waals surface area contributed by atoms with Crippen molar-refractivity contribution in [2.45, 2.75) is 56.3 Å². The maximum Gasteiger partial charge on any atom is 0.417 e. The fourth-order valence-electron chi connectivity index (χ4n) is 3.93. The Balaban J connectivity index is 1.94. The zero-order valence-corrected chi connectivity index (χ0v) is 15.9. The Morgan fingerprint density at radius 2 is 1.93 bits per heavy atom. The molecule has 0 aromatic heterocycles. The number of halogens is 3. The molecule has 0 bridgehead atoms. The molecule has 1 aromatic carbocycles. The van der Waals surface area contributed by atoms with E-state index in [0.29, 0.717) is 11.1 Å². The zero-order chi connectivity index (χ0) is 20.6. The van der Waals surface area contributed by atoms with Crippen molar-refractivity contribution >= 4 is 6.21 Å². The maximum atomic E-state index is 14.0. The quantitative estimate of drug-likeness (QED) is 0.741. The van der Waals surface area contributed by atoms with Crippen LogP contribution < -0.4 is 0 Å². The number of hydrogen-bond acceptors (Lipinski definition) is 3. The summed E-state index contributed by atoms with van der Waals surface area (Å²) in [5, 5.41) is 20.6. The van der Waals surface area contributed by atoms with Crippen LogP contribution in [-0.2, 0) is 5.41 Å². The monoisotopic (exact) mass is 391 g/mol. The van der Waals surface area contributed by atoms with Gasteiger partial charge in [-0.1, -0.05) is 55.9 Å². The lowest BCUT2D eigenvalue weighted by Gasteiger charge is -2.39. The number of dihydropyridines is 1. The Kier molecular flexibility index (Phi) is 5.28. The smallest absolute Gasteiger partial charge is 0.417 e. The van der Waals surface area contributed by atoms with Gasteiger partial charge in [-0.15, -0.1) is 0 Å². The number of nitrogens with zero attached hydrogens (tertiary/aromatic N) is 1. The summed E-state index contributed by atoms with van der Waals surface area (Å²) in [4.78, 5) is 4.31. The molecule has 2 atom stereocenters. The molecule has 2 aliphatic rings. The molecule has 1 aromatic rings. The summed E-state index contributed by atoms with van der Waals surface area (Å²) in [7, 11) is 0. The number of aliphatic imine (C=N–C) groups is 1. The number of rotatable bonds is 5. The van der Waals surface area contributed by atoms with Gasteiger partial charge in [-0.2, -0.15) is 13.2 Å². The van der Waals surface area contributed by atoms with Crippen LogP contribution in [0.25, 0.3) is 0 Å². The molecule has 150 valence electrons. The molecular weight excluding hydrogens is 367 g/mol. The van der Waals surface area contributed by atoms with Crippen LogP contribution in [0.2, 0.25) is 0 Å². The second kappa shape index (κ2) is 7.24. The highest BCUT2D eigenvalue weighted by atomic mass is 19.4. The number of fused-ring (bicyclic) bond motifs is 1. The van der Waals surface area contributed by atoms with Gasteiger partial charge in [0.15, 0.2) is 5.60 Å². The van der Waals surface area contributed by atoms with Crippen molar-refractivity contribution in [2.75, 3.05) is 0 Å². The fourth-order valence-corrected chi connectivity index (χ4v) is 3.93. The van der Waals surface area contributed by atoms with Gasteiger partial charge in [-0.3, -0.25) is 4.99 Å². The number of benzene rings is 1. The predicted molar refractivity (Wildman–Crippen MR) is 104 cm³/mol. The van der Waals surface area contributed by atoms with Crippen molar-refractivity contribution in [3.63, 3.8) is 0 Å². The molecule has 28 heavy (non-hydrogen) atoms. The fraction of sp³-hybridized carbons (Fsp3) is 0.409. The van der Waals surface area contributed by atoms with Crippen LogP contribution in [0.3, 0.4) is 0 Å². The van der Waals surface area contributed by atoms with Gasteiger partial charge in [0.05, 0.1) is 6.04 Å². The van der Waals surface area contributed by atoms with Crippen molar-refractivity contribution < 1.29 is 23.4 Å². The van der Waals surface area contributed by atoms with Crippen LogP contribution in [0, 0.1) is 0 Å². The highest BCUT2D eigenvalue weighted by Gasteiger charge is 2.56. The van der Waals surface area contributed by atoms with Crippen molar-refractivity contribution in [2.24, 2.45) is 4.99 Å². The molecule has 0 amide bonds. The average molecular weight is 391 g/mol. The van der Waals surface area contributed by atoms with Crippen molar-refractivity contribution in [1.82, 2.24) is 0 Å². The van der Waals surface area contributed by atoms with Crippen molar-refractivity contribution in [3.05, 3.63) is 65.3 Å². The Labute approximate surface area is 162 Å². The number of alkyl halides is 3. The molecule has 1 heterocycles. The minimum Gasteiger partial charge on any atom is -0.508 e. The molecule has 0 fully saturated rings. The van der Waals surface area contributed by atoms with Gasteiger partial charge in [0.1, 0.15) is 5.75 Å². The van der Waals surface area contributed by atoms with Gasteiger partial charge < -0.3 is 10.2 Å². The van der Waals surface area contributed by atoms with E-state index in [4.69, 9.17) is 0 Å². The minimum atomic E-state index is -4.80. The Bertz CT molecular complexity index is 865. The third kappa shape index (κ3) is 4.07. The summed E-state index contributed by atoms with van der Waals surface area (Å²) in [6, 6.07) is 5.87. The number of aromatic hydroxyl groups is 1. The SMILES string of the molecule is CC(C)(CC(O)(CC1=C2C=CC=CC2N=CC1)C(F)(F)F)c1cccc(O)c1. The van der Waals surface area contributed by atoms with E-state index in [2.05, 4.69) is 4.99 Å². The van der Waals surface area contributed by atoms with E-state index in [0.717, 1.165) is 5.57 Å². The second-order valence-corrected chi connectivity index (χ2v) is 8.10. The van der Waals surface area contributed by atoms with Crippen LogP contribution in [0.5, 0.6) is 5.75 Å². The standard InChI is InChI=1S/C22H24F3NO2/c1-20(2,16-6-5-7-17(27)12-16)14-21(28,22(23,24)25)13-15-10-11-26-19-9-4-3-8-18(15)19/h3-9,11-12,19,27-28H,10,13-14H2,1-2H3. The maximum absolute atomic E-state index is 14.0. The second-order valence-electron chi connectivity index (χ2n) is 8.10. The highest BCUT2D eigenvalue weighted by molar-refractivity contribution is 5.67. The number of allylic oxidation sites excluding steroid dienone is 2. The number of hydrogen-bond donors (Lipinski definition) is 2. The third-order valence-electron chi connectivity index (χ3n) is 5.41. The molecule has 2 N–H and O–H groups in total. The molecule has 0 radical (unpaired) electrons. The lowest BCUT2D eigenvalue weighted by Crippen LogP contribution is -2.49. The van der Waals surface area contributed by atoms with E-state index in [9.17, 15) is 23.4 Å². The van der Waals surface area contributed by atoms with E-state index < -0.39 is 30.0 Å². The van der Waals surface area contributed by atoms with E-state index in [-0.39, 0.29) is 18.2 Å². The molecule has 1 aliphatic heterocycles. The van der Waals surface area contributed by atoms with Gasteiger partial charge >= 0.3 is 6.18 Å². The normalized spacial score (nSPS) is 21.6. The van der Waals surface area contributed by atoms with Gasteiger partial charge in [0.25, 0.3) is 0 Å². The first kappa shape index (κ1) is 20.4. The van der Waals surface area contributed by atoms with Crippen LogP contribution in [0.4, 0.5) is 13.2 Å². The molecule has 3 rings (SSSR count). The topological polar surface area (TPSA) is 52.8 Å². The van der Waals surface area contributed by atoms with E-state index in [1.54, 1.807) is 44.3 Å². The molecule has 0 spiro atoms. The Hall–Kier alpha value is -2.34. The summed E-state index contributed by atoms with van der Waals surface area (Å²) in [5.41, 5.74) is -2.08. The summed E-state index contributed by atoms with van der Waals surface area (Å²) in [5.74, 6) is -0.0171. The van der Waals surface area contributed by atoms with Crippen molar-refractivity contribution in [3.8, 4) is 5.75 Å². The summed E-state index contributed by atoms with van der Waals surface area (Å²) in [6.07, 6.45) is 3.26. The highest BCUT2D eigenvalue weighted by Crippen LogP contribution is 2.46. The van der Waals surface area contributed by atoms with Crippen molar-refractivity contribution in [1.29, 1.82) is 0 Å². The summed E-state index contributed by atoms with van der Waals surface area (Å²) in [6.45, 7) is 3.29. The molecular formula is C22H24F3NO2. The number of aliphatic hydroxyl groups is 1. The van der Waals surface area contributed by atoms with Crippen LogP contribution in [-0.4, -0.2) is 34.2 Å². The molecule has 6 heteroatoms. The van der Waals surface area contributed by atoms with Gasteiger partial charge in [-0.25, -0.2) is 0 Å². The average Bonchev–Trinajstić information content (AvgIpc) is 2.61. The summed E-state index contributed by atoms with van der Waals surface area (Å²) < 4.78 is 42.1. The number of phenolic OH excluding ortho intramolecular Hbond substituents is 1. The lowest BCUT2D eigenvalue weighted by atomic mass is 9.72.